The molecule has 0 saturated carbocycles. The summed E-state index contributed by atoms with van der Waals surface area (Å²) >= 11 is 5.98. The van der Waals surface area contributed by atoms with Gasteiger partial charge in [0.1, 0.15) is 16.5 Å². The van der Waals surface area contributed by atoms with Crippen molar-refractivity contribution in [2.45, 2.75) is 38.3 Å². The maximum Gasteiger partial charge on any atom is 0.339 e. The molecule has 3 heterocycles. The van der Waals surface area contributed by atoms with Crippen molar-refractivity contribution in [2.24, 2.45) is 0 Å². The zero-order chi connectivity index (χ0) is 15.0. The topological polar surface area (TPSA) is 56.7 Å². The number of aromatic nitrogens is 1. The summed E-state index contributed by atoms with van der Waals surface area (Å²) in [5, 5.41) is 9.73. The highest BCUT2D eigenvalue weighted by molar-refractivity contribution is 6.29. The molecule has 2 atom stereocenters. The van der Waals surface area contributed by atoms with E-state index >= 15 is 0 Å². The maximum absolute atomic E-state index is 11.4. The lowest BCUT2D eigenvalue weighted by atomic mass is 9.97. The van der Waals surface area contributed by atoms with Crippen LogP contribution in [0.4, 0.5) is 5.82 Å². The zero-order valence-corrected chi connectivity index (χ0v) is 12.9. The van der Waals surface area contributed by atoms with Crippen LogP contribution in [0, 0.1) is 0 Å². The minimum Gasteiger partial charge on any atom is -0.478 e. The molecule has 1 N–H and O–H groups in total. The van der Waals surface area contributed by atoms with Gasteiger partial charge in [0.2, 0.25) is 0 Å². The molecule has 21 heavy (non-hydrogen) atoms. The second-order valence-electron chi connectivity index (χ2n) is 5.96. The first-order valence-electron chi connectivity index (χ1n) is 7.47. The van der Waals surface area contributed by atoms with Crippen LogP contribution in [-0.2, 0) is 0 Å². The molecule has 2 fully saturated rings. The first-order chi connectivity index (χ1) is 10.1. The van der Waals surface area contributed by atoms with Gasteiger partial charge in [0, 0.05) is 25.2 Å². The number of rotatable bonds is 2. The molecule has 0 amide bonds. The fraction of sp³-hybridized carbons (Fsp3) is 0.600. The lowest BCUT2D eigenvalue weighted by Crippen LogP contribution is -2.59. The van der Waals surface area contributed by atoms with Crippen molar-refractivity contribution in [3.05, 3.63) is 22.8 Å². The second-order valence-corrected chi connectivity index (χ2v) is 6.34. The van der Waals surface area contributed by atoms with E-state index in [2.05, 4.69) is 21.7 Å². The fourth-order valence-electron chi connectivity index (χ4n) is 3.46. The van der Waals surface area contributed by atoms with Crippen LogP contribution in [0.15, 0.2) is 12.1 Å². The Labute approximate surface area is 129 Å². The quantitative estimate of drug-likeness (QED) is 0.851. The first-order valence-corrected chi connectivity index (χ1v) is 7.84. The van der Waals surface area contributed by atoms with Crippen molar-refractivity contribution in [1.29, 1.82) is 0 Å². The van der Waals surface area contributed by atoms with Gasteiger partial charge in [-0.15, -0.1) is 0 Å². The van der Waals surface area contributed by atoms with E-state index in [0.29, 0.717) is 17.0 Å². The summed E-state index contributed by atoms with van der Waals surface area (Å²) < 4.78 is 0. The molecule has 3 rings (SSSR count). The number of nitrogens with zero attached hydrogens (tertiary/aromatic N) is 3. The van der Waals surface area contributed by atoms with Crippen molar-refractivity contribution in [1.82, 2.24) is 9.88 Å². The predicted octanol–water partition coefficient (Wildman–Crippen LogP) is 2.50. The van der Waals surface area contributed by atoms with Crippen molar-refractivity contribution in [3.63, 3.8) is 0 Å². The average molecular weight is 310 g/mol. The minimum atomic E-state index is -0.951. The van der Waals surface area contributed by atoms with Crippen LogP contribution in [0.5, 0.6) is 0 Å². The second kappa shape index (κ2) is 5.81. The third kappa shape index (κ3) is 2.85. The number of hydrogen-bond donors (Lipinski definition) is 1. The van der Waals surface area contributed by atoms with Crippen LogP contribution < -0.4 is 4.90 Å². The number of anilines is 1. The zero-order valence-electron chi connectivity index (χ0n) is 12.1. The Morgan fingerprint density at radius 1 is 1.38 bits per heavy atom. The largest absolute Gasteiger partial charge is 0.478 e. The number of pyridine rings is 1. The van der Waals surface area contributed by atoms with Crippen molar-refractivity contribution < 1.29 is 9.90 Å². The molecule has 2 aliphatic rings. The molecule has 0 spiro atoms. The summed E-state index contributed by atoms with van der Waals surface area (Å²) in [4.78, 5) is 20.4. The number of piperazine rings is 1. The molecule has 6 heteroatoms. The van der Waals surface area contributed by atoms with Crippen LogP contribution in [0.3, 0.4) is 0 Å². The number of carboxylic acids is 1. The summed E-state index contributed by atoms with van der Waals surface area (Å²) in [6, 6.07) is 3.82. The Balaban J connectivity index is 1.92. The van der Waals surface area contributed by atoms with E-state index in [1.165, 1.54) is 25.3 Å². The van der Waals surface area contributed by atoms with Crippen molar-refractivity contribution >= 4 is 23.4 Å². The van der Waals surface area contributed by atoms with Gasteiger partial charge in [0.15, 0.2) is 0 Å². The number of carboxylic acid groups (broad SMARTS) is 1. The molecule has 5 nitrogen and oxygen atoms in total. The highest BCUT2D eigenvalue weighted by Gasteiger charge is 2.35. The third-order valence-corrected chi connectivity index (χ3v) is 4.74. The molecule has 2 aliphatic heterocycles. The van der Waals surface area contributed by atoms with E-state index in [9.17, 15) is 9.90 Å². The third-order valence-electron chi connectivity index (χ3n) is 4.53. The Hall–Kier alpha value is -1.33. The van der Waals surface area contributed by atoms with Gasteiger partial charge in [-0.1, -0.05) is 18.0 Å². The monoisotopic (exact) mass is 309 g/mol. The Morgan fingerprint density at radius 3 is 2.95 bits per heavy atom. The lowest BCUT2D eigenvalue weighted by molar-refractivity contribution is 0.0695. The molecule has 2 unspecified atom stereocenters. The van der Waals surface area contributed by atoms with Crippen LogP contribution >= 0.6 is 11.6 Å². The fourth-order valence-corrected chi connectivity index (χ4v) is 3.60. The maximum atomic E-state index is 11.4. The lowest BCUT2D eigenvalue weighted by Gasteiger charge is -2.48. The highest BCUT2D eigenvalue weighted by atomic mass is 35.5. The molecule has 0 aliphatic carbocycles. The molecular formula is C15H20ClN3O2. The highest BCUT2D eigenvalue weighted by Crippen LogP contribution is 2.30. The van der Waals surface area contributed by atoms with E-state index < -0.39 is 5.97 Å². The number of carbonyl (C=O) groups is 1. The van der Waals surface area contributed by atoms with E-state index in [4.69, 9.17) is 11.6 Å². The van der Waals surface area contributed by atoms with Gasteiger partial charge in [-0.25, -0.2) is 9.78 Å². The summed E-state index contributed by atoms with van der Waals surface area (Å²) in [7, 11) is 0. The predicted molar refractivity (Wildman–Crippen MR) is 82.2 cm³/mol. The van der Waals surface area contributed by atoms with Crippen LogP contribution in [0.1, 0.15) is 36.5 Å². The standard InChI is InChI=1S/C15H20ClN3O2/c1-10-8-18-7-3-2-4-11(18)9-19(10)14-12(15(20)21)5-6-13(16)17-14/h5-6,10-11H,2-4,7-9H2,1H3,(H,20,21). The molecular weight excluding hydrogens is 290 g/mol. The summed E-state index contributed by atoms with van der Waals surface area (Å²) in [6.07, 6.45) is 3.68. The van der Waals surface area contributed by atoms with Gasteiger partial charge in [-0.05, 0) is 38.4 Å². The SMILES string of the molecule is CC1CN2CCCCC2CN1c1nc(Cl)ccc1C(=O)O. The minimum absolute atomic E-state index is 0.232. The van der Waals surface area contributed by atoms with Gasteiger partial charge in [0.05, 0.1) is 0 Å². The molecule has 0 aromatic carbocycles. The molecule has 114 valence electrons. The van der Waals surface area contributed by atoms with Crippen LogP contribution in [0.2, 0.25) is 5.15 Å². The first kappa shape index (κ1) is 14.6. The van der Waals surface area contributed by atoms with Crippen LogP contribution in [-0.4, -0.2) is 52.7 Å². The molecule has 2 saturated heterocycles. The van der Waals surface area contributed by atoms with E-state index in [-0.39, 0.29) is 11.6 Å². The van der Waals surface area contributed by atoms with Crippen LogP contribution in [0.25, 0.3) is 0 Å². The van der Waals surface area contributed by atoms with Gasteiger partial charge in [-0.2, -0.15) is 0 Å². The van der Waals surface area contributed by atoms with Crippen molar-refractivity contribution in [2.75, 3.05) is 24.5 Å². The summed E-state index contributed by atoms with van der Waals surface area (Å²) in [5.41, 5.74) is 0.232. The Kier molecular flexibility index (Phi) is 4.04. The van der Waals surface area contributed by atoms with Gasteiger partial charge in [-0.3, -0.25) is 4.90 Å². The number of fused-ring (bicyclic) bond motifs is 1. The number of aromatic carboxylic acids is 1. The molecule has 0 bridgehead atoms. The van der Waals surface area contributed by atoms with Gasteiger partial charge >= 0.3 is 5.97 Å². The smallest absolute Gasteiger partial charge is 0.339 e. The van der Waals surface area contributed by atoms with Crippen molar-refractivity contribution in [3.8, 4) is 0 Å². The average Bonchev–Trinajstić information content (AvgIpc) is 2.46. The summed E-state index contributed by atoms with van der Waals surface area (Å²) in [6.45, 7) is 5.06. The van der Waals surface area contributed by atoms with E-state index in [1.54, 1.807) is 6.07 Å². The number of hydrogen-bond acceptors (Lipinski definition) is 4. The summed E-state index contributed by atoms with van der Waals surface area (Å²) in [5.74, 6) is -0.444. The molecule has 1 aromatic heterocycles. The Morgan fingerprint density at radius 2 is 2.19 bits per heavy atom. The van der Waals surface area contributed by atoms with E-state index in [1.807, 2.05) is 0 Å². The number of piperidine rings is 1. The molecule has 1 aromatic rings. The van der Waals surface area contributed by atoms with E-state index in [0.717, 1.165) is 19.6 Å². The molecule has 0 radical (unpaired) electrons. The number of halogens is 1. The van der Waals surface area contributed by atoms with Gasteiger partial charge in [0.25, 0.3) is 0 Å². The normalized spacial score (nSPS) is 26.5. The Bertz CT molecular complexity index is 552. The van der Waals surface area contributed by atoms with Gasteiger partial charge < -0.3 is 10.0 Å².